The van der Waals surface area contributed by atoms with Crippen LogP contribution in [0.2, 0.25) is 0 Å². The first-order chi connectivity index (χ1) is 9.06. The molecule has 1 atom stereocenters. The molecular weight excluding hydrogens is 243 g/mol. The van der Waals surface area contributed by atoms with Crippen LogP contribution in [0.4, 0.5) is 10.2 Å². The van der Waals surface area contributed by atoms with Gasteiger partial charge in [0.2, 0.25) is 0 Å². The Morgan fingerprint density at radius 3 is 2.68 bits per heavy atom. The number of pyridine rings is 1. The third-order valence-corrected chi connectivity index (χ3v) is 2.95. The minimum absolute atomic E-state index is 0.233. The van der Waals surface area contributed by atoms with Crippen LogP contribution in [0.3, 0.4) is 0 Å². The highest BCUT2D eigenvalue weighted by Crippen LogP contribution is 2.16. The van der Waals surface area contributed by atoms with E-state index >= 15 is 0 Å². The van der Waals surface area contributed by atoms with Gasteiger partial charge in [-0.1, -0.05) is 18.2 Å². The molecule has 0 spiro atoms. The van der Waals surface area contributed by atoms with Crippen LogP contribution in [0.15, 0.2) is 42.6 Å². The van der Waals surface area contributed by atoms with Gasteiger partial charge in [-0.25, -0.2) is 9.37 Å². The quantitative estimate of drug-likeness (QED) is 0.918. The number of hydrogen-bond donors (Lipinski definition) is 1. The van der Waals surface area contributed by atoms with E-state index in [9.17, 15) is 9.50 Å². The lowest BCUT2D eigenvalue weighted by atomic mass is 10.2. The number of benzene rings is 1. The van der Waals surface area contributed by atoms with Gasteiger partial charge in [0.25, 0.3) is 0 Å². The molecule has 0 aliphatic heterocycles. The molecule has 1 aromatic carbocycles. The summed E-state index contributed by atoms with van der Waals surface area (Å²) in [6.07, 6.45) is 1.14. The third kappa shape index (κ3) is 3.51. The molecule has 0 unspecified atom stereocenters. The first-order valence-corrected chi connectivity index (χ1v) is 6.16. The van der Waals surface area contributed by atoms with E-state index in [1.807, 2.05) is 30.1 Å². The van der Waals surface area contributed by atoms with E-state index < -0.39 is 6.10 Å². The standard InChI is InChI=1S/C15H17FN2O/c1-11(19)13-6-7-15(17-9-13)18(2)10-12-4-3-5-14(16)8-12/h3-9,11,19H,10H2,1-2H3/t11-/m0/s1. The maximum absolute atomic E-state index is 13.1. The van der Waals surface area contributed by atoms with Crippen molar-refractivity contribution >= 4 is 5.82 Å². The summed E-state index contributed by atoms with van der Waals surface area (Å²) < 4.78 is 13.1. The summed E-state index contributed by atoms with van der Waals surface area (Å²) in [5.41, 5.74) is 1.67. The van der Waals surface area contributed by atoms with Crippen LogP contribution in [-0.2, 0) is 6.54 Å². The van der Waals surface area contributed by atoms with Gasteiger partial charge in [0, 0.05) is 19.8 Å². The molecule has 0 radical (unpaired) electrons. The molecule has 1 N–H and O–H groups in total. The smallest absolute Gasteiger partial charge is 0.128 e. The number of aliphatic hydroxyl groups excluding tert-OH is 1. The van der Waals surface area contributed by atoms with Gasteiger partial charge < -0.3 is 10.0 Å². The SMILES string of the molecule is C[C@H](O)c1ccc(N(C)Cc2cccc(F)c2)nc1. The van der Waals surface area contributed by atoms with Crippen LogP contribution in [0, 0.1) is 5.82 Å². The van der Waals surface area contributed by atoms with Crippen LogP contribution >= 0.6 is 0 Å². The number of aliphatic hydroxyl groups is 1. The van der Waals surface area contributed by atoms with E-state index in [4.69, 9.17) is 0 Å². The Morgan fingerprint density at radius 2 is 2.11 bits per heavy atom. The van der Waals surface area contributed by atoms with Crippen molar-refractivity contribution in [1.82, 2.24) is 4.98 Å². The van der Waals surface area contributed by atoms with Crippen LogP contribution in [0.25, 0.3) is 0 Å². The summed E-state index contributed by atoms with van der Waals surface area (Å²) >= 11 is 0. The molecule has 0 saturated carbocycles. The second-order valence-corrected chi connectivity index (χ2v) is 4.61. The van der Waals surface area contributed by atoms with Gasteiger partial charge in [-0.15, -0.1) is 0 Å². The number of halogens is 1. The molecule has 0 amide bonds. The Morgan fingerprint density at radius 1 is 1.32 bits per heavy atom. The number of rotatable bonds is 4. The van der Waals surface area contributed by atoms with E-state index in [0.29, 0.717) is 6.54 Å². The van der Waals surface area contributed by atoms with Crippen LogP contribution in [-0.4, -0.2) is 17.1 Å². The molecule has 100 valence electrons. The summed E-state index contributed by atoms with van der Waals surface area (Å²) in [7, 11) is 1.90. The summed E-state index contributed by atoms with van der Waals surface area (Å²) in [6.45, 7) is 2.28. The van der Waals surface area contributed by atoms with E-state index in [1.54, 1.807) is 19.2 Å². The fourth-order valence-electron chi connectivity index (χ4n) is 1.86. The maximum atomic E-state index is 13.1. The fraction of sp³-hybridized carbons (Fsp3) is 0.267. The largest absolute Gasteiger partial charge is 0.389 e. The molecule has 0 aliphatic rings. The molecule has 0 bridgehead atoms. The van der Waals surface area contributed by atoms with Gasteiger partial charge in [0.05, 0.1) is 6.10 Å². The number of hydrogen-bond acceptors (Lipinski definition) is 3. The number of anilines is 1. The Balaban J connectivity index is 2.09. The normalized spacial score (nSPS) is 12.2. The molecule has 0 saturated heterocycles. The first-order valence-electron chi connectivity index (χ1n) is 6.16. The highest BCUT2D eigenvalue weighted by Gasteiger charge is 2.06. The molecule has 0 fully saturated rings. The van der Waals surface area contributed by atoms with Gasteiger partial charge in [-0.3, -0.25) is 0 Å². The summed E-state index contributed by atoms with van der Waals surface area (Å²) in [4.78, 5) is 6.22. The summed E-state index contributed by atoms with van der Waals surface area (Å²) in [6, 6.07) is 10.2. The Kier molecular flexibility index (Phi) is 4.12. The highest BCUT2D eigenvalue weighted by molar-refractivity contribution is 5.39. The predicted molar refractivity (Wildman–Crippen MR) is 73.4 cm³/mol. The molecule has 3 nitrogen and oxygen atoms in total. The zero-order chi connectivity index (χ0) is 13.8. The van der Waals surface area contributed by atoms with Crippen molar-refractivity contribution in [2.75, 3.05) is 11.9 Å². The van der Waals surface area contributed by atoms with Crippen molar-refractivity contribution in [2.24, 2.45) is 0 Å². The maximum Gasteiger partial charge on any atom is 0.128 e. The van der Waals surface area contributed by atoms with Crippen LogP contribution in [0.1, 0.15) is 24.2 Å². The minimum Gasteiger partial charge on any atom is -0.389 e. The molecule has 4 heteroatoms. The van der Waals surface area contributed by atoms with Crippen molar-refractivity contribution in [3.63, 3.8) is 0 Å². The number of aromatic nitrogens is 1. The summed E-state index contributed by atoms with van der Waals surface area (Å²) in [5, 5.41) is 9.42. The van der Waals surface area contributed by atoms with Gasteiger partial charge in [-0.2, -0.15) is 0 Å². The van der Waals surface area contributed by atoms with Crippen molar-refractivity contribution < 1.29 is 9.50 Å². The zero-order valence-corrected chi connectivity index (χ0v) is 11.0. The minimum atomic E-state index is -0.518. The fourth-order valence-corrected chi connectivity index (χ4v) is 1.86. The van der Waals surface area contributed by atoms with Crippen molar-refractivity contribution in [3.05, 3.63) is 59.5 Å². The van der Waals surface area contributed by atoms with E-state index in [2.05, 4.69) is 4.98 Å². The lowest BCUT2D eigenvalue weighted by Gasteiger charge is -2.18. The van der Waals surface area contributed by atoms with Gasteiger partial charge >= 0.3 is 0 Å². The Bertz CT molecular complexity index is 540. The zero-order valence-electron chi connectivity index (χ0n) is 11.0. The third-order valence-electron chi connectivity index (χ3n) is 2.95. The second-order valence-electron chi connectivity index (χ2n) is 4.61. The number of nitrogens with zero attached hydrogens (tertiary/aromatic N) is 2. The molecule has 2 rings (SSSR count). The van der Waals surface area contributed by atoms with E-state index in [-0.39, 0.29) is 5.82 Å². The van der Waals surface area contributed by atoms with Crippen molar-refractivity contribution in [3.8, 4) is 0 Å². The molecular formula is C15H17FN2O. The Labute approximate surface area is 112 Å². The van der Waals surface area contributed by atoms with Gasteiger partial charge in [0.15, 0.2) is 0 Å². The highest BCUT2D eigenvalue weighted by atomic mass is 19.1. The van der Waals surface area contributed by atoms with Gasteiger partial charge in [0.1, 0.15) is 11.6 Å². The average molecular weight is 260 g/mol. The molecule has 2 aromatic rings. The molecule has 1 heterocycles. The van der Waals surface area contributed by atoms with Crippen molar-refractivity contribution in [2.45, 2.75) is 19.6 Å². The van der Waals surface area contributed by atoms with Crippen molar-refractivity contribution in [1.29, 1.82) is 0 Å². The van der Waals surface area contributed by atoms with Crippen LogP contribution < -0.4 is 4.90 Å². The van der Waals surface area contributed by atoms with Crippen LogP contribution in [0.5, 0.6) is 0 Å². The lowest BCUT2D eigenvalue weighted by Crippen LogP contribution is -2.17. The van der Waals surface area contributed by atoms with Gasteiger partial charge in [-0.05, 0) is 36.2 Å². The topological polar surface area (TPSA) is 36.4 Å². The average Bonchev–Trinajstić information content (AvgIpc) is 2.39. The lowest BCUT2D eigenvalue weighted by molar-refractivity contribution is 0.199. The predicted octanol–water partition coefficient (Wildman–Crippen LogP) is 2.91. The molecule has 1 aromatic heterocycles. The Hall–Kier alpha value is -1.94. The first kappa shape index (κ1) is 13.5. The monoisotopic (exact) mass is 260 g/mol. The molecule has 19 heavy (non-hydrogen) atoms. The summed E-state index contributed by atoms with van der Waals surface area (Å²) in [5.74, 6) is 0.553. The second kappa shape index (κ2) is 5.80. The molecule has 0 aliphatic carbocycles. The van der Waals surface area contributed by atoms with E-state index in [1.165, 1.54) is 12.1 Å². The van der Waals surface area contributed by atoms with E-state index in [0.717, 1.165) is 16.9 Å².